The van der Waals surface area contributed by atoms with E-state index < -0.39 is 0 Å². The van der Waals surface area contributed by atoms with Crippen LogP contribution in [0.4, 0.5) is 0 Å². The number of imidazole rings is 2. The molecular weight excluding hydrogens is 368 g/mol. The summed E-state index contributed by atoms with van der Waals surface area (Å²) in [6.07, 6.45) is 0. The molecule has 0 unspecified atom stereocenters. The van der Waals surface area contributed by atoms with Gasteiger partial charge in [-0.25, -0.2) is 9.97 Å². The van der Waals surface area contributed by atoms with Gasteiger partial charge in [-0.05, 0) is 74.2 Å². The molecule has 0 N–H and O–H groups in total. The van der Waals surface area contributed by atoms with Crippen LogP contribution in [-0.2, 0) is 13.1 Å². The zero-order valence-corrected chi connectivity index (χ0v) is 18.0. The number of fused-ring (bicyclic) bond motifs is 2. The maximum atomic E-state index is 4.72. The van der Waals surface area contributed by atoms with E-state index in [0.29, 0.717) is 0 Å². The second-order valence-electron chi connectivity index (χ2n) is 8.17. The molecule has 5 aromatic rings. The van der Waals surface area contributed by atoms with Crippen molar-refractivity contribution in [3.63, 3.8) is 0 Å². The fourth-order valence-corrected chi connectivity index (χ4v) is 4.41. The van der Waals surface area contributed by atoms with E-state index in [1.165, 1.54) is 33.3 Å². The average molecular weight is 395 g/mol. The summed E-state index contributed by atoms with van der Waals surface area (Å²) in [5, 5.41) is 0. The van der Waals surface area contributed by atoms with Gasteiger partial charge in [-0.3, -0.25) is 0 Å². The predicted molar refractivity (Wildman–Crippen MR) is 123 cm³/mol. The van der Waals surface area contributed by atoms with Gasteiger partial charge in [0.1, 0.15) is 11.6 Å². The van der Waals surface area contributed by atoms with Crippen LogP contribution in [-0.4, -0.2) is 19.1 Å². The van der Waals surface area contributed by atoms with Crippen LogP contribution < -0.4 is 0 Å². The molecule has 150 valence electrons. The Hall–Kier alpha value is -3.40. The maximum absolute atomic E-state index is 4.72. The van der Waals surface area contributed by atoms with Crippen molar-refractivity contribution in [1.82, 2.24) is 19.1 Å². The highest BCUT2D eigenvalue weighted by Crippen LogP contribution is 2.24. The number of nitrogens with zero attached hydrogens (tertiary/aromatic N) is 4. The molecule has 0 atom stereocenters. The Kier molecular flexibility index (Phi) is 4.43. The highest BCUT2D eigenvalue weighted by atomic mass is 15.1. The van der Waals surface area contributed by atoms with Crippen molar-refractivity contribution in [3.05, 3.63) is 94.6 Å². The van der Waals surface area contributed by atoms with Crippen LogP contribution in [0.5, 0.6) is 0 Å². The highest BCUT2D eigenvalue weighted by molar-refractivity contribution is 5.76. The van der Waals surface area contributed by atoms with Gasteiger partial charge in [-0.2, -0.15) is 0 Å². The Morgan fingerprint density at radius 1 is 0.600 bits per heavy atom. The first-order chi connectivity index (χ1) is 14.5. The highest BCUT2D eigenvalue weighted by Gasteiger charge is 2.13. The van der Waals surface area contributed by atoms with E-state index in [1.54, 1.807) is 0 Å². The van der Waals surface area contributed by atoms with Crippen molar-refractivity contribution in [2.75, 3.05) is 0 Å². The van der Waals surface area contributed by atoms with E-state index in [-0.39, 0.29) is 0 Å². The van der Waals surface area contributed by atoms with E-state index in [9.17, 15) is 0 Å². The zero-order valence-electron chi connectivity index (χ0n) is 18.0. The van der Waals surface area contributed by atoms with Crippen molar-refractivity contribution in [2.24, 2.45) is 0 Å². The molecule has 3 aromatic carbocycles. The molecule has 0 amide bonds. The lowest BCUT2D eigenvalue weighted by Gasteiger charge is -2.16. The second kappa shape index (κ2) is 7.13. The monoisotopic (exact) mass is 394 g/mol. The van der Waals surface area contributed by atoms with Gasteiger partial charge in [0.05, 0.1) is 22.1 Å². The van der Waals surface area contributed by atoms with Crippen molar-refractivity contribution < 1.29 is 0 Å². The minimum Gasteiger partial charge on any atom is -0.324 e. The lowest BCUT2D eigenvalue weighted by Crippen LogP contribution is -2.08. The Labute approximate surface area is 176 Å². The van der Waals surface area contributed by atoms with Crippen molar-refractivity contribution in [2.45, 2.75) is 40.8 Å². The van der Waals surface area contributed by atoms with E-state index in [1.807, 2.05) is 12.1 Å². The molecule has 0 saturated carbocycles. The first-order valence-electron chi connectivity index (χ1n) is 10.4. The smallest absolute Gasteiger partial charge is 0.107 e. The summed E-state index contributed by atoms with van der Waals surface area (Å²) in [5.41, 5.74) is 9.81. The third kappa shape index (κ3) is 3.09. The maximum Gasteiger partial charge on any atom is 0.107 e. The predicted octanol–water partition coefficient (Wildman–Crippen LogP) is 5.72. The standard InChI is InChI=1S/C26H26N4/c1-17-13-22(16-30-20(4)28-24-10-6-8-12-26(24)30)18(2)14-21(17)15-29-19(3)27-23-9-5-7-11-25(23)29/h5-14H,15-16H2,1-4H3. The molecule has 0 fully saturated rings. The summed E-state index contributed by atoms with van der Waals surface area (Å²) >= 11 is 0. The Bertz CT molecular complexity index is 1280. The fourth-order valence-electron chi connectivity index (χ4n) is 4.41. The summed E-state index contributed by atoms with van der Waals surface area (Å²) in [5.74, 6) is 2.11. The van der Waals surface area contributed by atoms with E-state index >= 15 is 0 Å². The molecular formula is C26H26N4. The summed E-state index contributed by atoms with van der Waals surface area (Å²) in [4.78, 5) is 9.44. The van der Waals surface area contributed by atoms with Crippen LogP contribution >= 0.6 is 0 Å². The lowest BCUT2D eigenvalue weighted by atomic mass is 9.99. The third-order valence-corrected chi connectivity index (χ3v) is 6.14. The molecule has 4 heteroatoms. The number of aryl methyl sites for hydroxylation is 4. The molecule has 0 spiro atoms. The number of benzene rings is 3. The molecule has 2 heterocycles. The van der Waals surface area contributed by atoms with Crippen LogP contribution in [0.1, 0.15) is 33.9 Å². The number of hydrogen-bond donors (Lipinski definition) is 0. The second-order valence-corrected chi connectivity index (χ2v) is 8.17. The Balaban J connectivity index is 1.51. The quantitative estimate of drug-likeness (QED) is 0.391. The van der Waals surface area contributed by atoms with E-state index in [4.69, 9.17) is 9.97 Å². The third-order valence-electron chi connectivity index (χ3n) is 6.14. The summed E-state index contributed by atoms with van der Waals surface area (Å²) in [6, 6.07) is 21.4. The van der Waals surface area contributed by atoms with Crippen LogP contribution in [0, 0.1) is 27.7 Å². The van der Waals surface area contributed by atoms with E-state index in [0.717, 1.165) is 35.8 Å². The van der Waals surface area contributed by atoms with Crippen molar-refractivity contribution in [1.29, 1.82) is 0 Å². The zero-order chi connectivity index (χ0) is 20.8. The molecule has 0 saturated heterocycles. The SMILES string of the molecule is Cc1cc(Cn2c(C)nc3ccccc32)c(C)cc1Cn1c(C)nc2ccccc21. The van der Waals surface area contributed by atoms with Gasteiger partial charge in [-0.1, -0.05) is 36.4 Å². The molecule has 5 rings (SSSR count). The molecule has 0 aliphatic rings. The number of hydrogen-bond acceptors (Lipinski definition) is 2. The average Bonchev–Trinajstić information content (AvgIpc) is 3.22. The van der Waals surface area contributed by atoms with Gasteiger partial charge in [0.15, 0.2) is 0 Å². The molecule has 4 nitrogen and oxygen atoms in total. The number of aromatic nitrogens is 4. The van der Waals surface area contributed by atoms with Gasteiger partial charge >= 0.3 is 0 Å². The summed E-state index contributed by atoms with van der Waals surface area (Å²) in [6.45, 7) is 10.3. The van der Waals surface area contributed by atoms with Gasteiger partial charge < -0.3 is 9.13 Å². The summed E-state index contributed by atoms with van der Waals surface area (Å²) < 4.78 is 4.62. The minimum absolute atomic E-state index is 0.840. The molecule has 0 aliphatic heterocycles. The number of rotatable bonds is 4. The van der Waals surface area contributed by atoms with Gasteiger partial charge in [0.25, 0.3) is 0 Å². The molecule has 0 bridgehead atoms. The van der Waals surface area contributed by atoms with Crippen molar-refractivity contribution >= 4 is 22.1 Å². The van der Waals surface area contributed by atoms with Crippen LogP contribution in [0.3, 0.4) is 0 Å². The van der Waals surface area contributed by atoms with Crippen LogP contribution in [0.15, 0.2) is 60.7 Å². The van der Waals surface area contributed by atoms with E-state index in [2.05, 4.69) is 85.4 Å². The van der Waals surface area contributed by atoms with Gasteiger partial charge in [0, 0.05) is 13.1 Å². The van der Waals surface area contributed by atoms with Crippen LogP contribution in [0.25, 0.3) is 22.1 Å². The molecule has 30 heavy (non-hydrogen) atoms. The normalized spacial score (nSPS) is 11.6. The molecule has 0 aliphatic carbocycles. The van der Waals surface area contributed by atoms with Gasteiger partial charge in [0.2, 0.25) is 0 Å². The summed E-state index contributed by atoms with van der Waals surface area (Å²) in [7, 11) is 0. The van der Waals surface area contributed by atoms with Crippen LogP contribution in [0.2, 0.25) is 0 Å². The number of para-hydroxylation sites is 4. The lowest BCUT2D eigenvalue weighted by molar-refractivity contribution is 0.766. The first kappa shape index (κ1) is 18.6. The first-order valence-corrected chi connectivity index (χ1v) is 10.4. The van der Waals surface area contributed by atoms with Crippen molar-refractivity contribution in [3.8, 4) is 0 Å². The van der Waals surface area contributed by atoms with Gasteiger partial charge in [-0.15, -0.1) is 0 Å². The Morgan fingerprint density at radius 3 is 1.43 bits per heavy atom. The Morgan fingerprint density at radius 2 is 1.00 bits per heavy atom. The fraction of sp³-hybridized carbons (Fsp3) is 0.231. The minimum atomic E-state index is 0.840. The topological polar surface area (TPSA) is 35.6 Å². The molecule has 0 radical (unpaired) electrons. The molecule has 2 aromatic heterocycles. The largest absolute Gasteiger partial charge is 0.324 e.